The van der Waals surface area contributed by atoms with Gasteiger partial charge in [0.1, 0.15) is 0 Å². The molecule has 0 atom stereocenters. The van der Waals surface area contributed by atoms with Crippen LogP contribution in [0.4, 0.5) is 0 Å². The van der Waals surface area contributed by atoms with Crippen molar-refractivity contribution in [2.75, 3.05) is 0 Å². The lowest BCUT2D eigenvalue weighted by molar-refractivity contribution is 1.39. The maximum Gasteiger partial charge on any atom is 0.0149 e. The summed E-state index contributed by atoms with van der Waals surface area (Å²) in [5.41, 5.74) is 1.27. The molecule has 0 aliphatic heterocycles. The van der Waals surface area contributed by atoms with E-state index in [1.165, 1.54) is 5.57 Å². The lowest BCUT2D eigenvalue weighted by Crippen LogP contribution is -1.60. The van der Waals surface area contributed by atoms with Crippen molar-refractivity contribution in [3.8, 4) is 0 Å². The molecule has 46 valence electrons. The molecule has 0 amide bonds. The van der Waals surface area contributed by atoms with E-state index in [-0.39, 0.29) is 0 Å². The average Bonchev–Trinajstić information content (AvgIpc) is 1.61. The van der Waals surface area contributed by atoms with Gasteiger partial charge in [-0.1, -0.05) is 23.3 Å². The number of rotatable bonds is 1. The van der Waals surface area contributed by atoms with Crippen molar-refractivity contribution in [3.63, 3.8) is 0 Å². The third kappa shape index (κ3) is 5.77. The molecule has 0 saturated heterocycles. The molecule has 0 heterocycles. The van der Waals surface area contributed by atoms with Gasteiger partial charge in [0.25, 0.3) is 0 Å². The fraction of sp³-hybridized carbons (Fsp3) is 0.429. The number of allylic oxidation sites excluding steroid dienone is 4. The highest BCUT2D eigenvalue weighted by Gasteiger charge is 1.74. The first kappa shape index (κ1) is 7.77. The fourth-order valence-electron chi connectivity index (χ4n) is 0.281. The van der Waals surface area contributed by atoms with E-state index < -0.39 is 0 Å². The van der Waals surface area contributed by atoms with Crippen molar-refractivity contribution >= 4 is 11.6 Å². The van der Waals surface area contributed by atoms with Gasteiger partial charge >= 0.3 is 0 Å². The summed E-state index contributed by atoms with van der Waals surface area (Å²) < 4.78 is 0. The largest absolute Gasteiger partial charge is 0.0895 e. The van der Waals surface area contributed by atoms with Gasteiger partial charge in [-0.25, -0.2) is 0 Å². The van der Waals surface area contributed by atoms with Gasteiger partial charge in [-0.3, -0.25) is 0 Å². The Morgan fingerprint density at radius 3 is 1.75 bits per heavy atom. The first-order valence-corrected chi connectivity index (χ1v) is 2.98. The van der Waals surface area contributed by atoms with Crippen molar-refractivity contribution in [2.24, 2.45) is 0 Å². The van der Waals surface area contributed by atoms with E-state index in [4.69, 9.17) is 11.6 Å². The third-order valence-corrected chi connectivity index (χ3v) is 0.772. The second-order valence-corrected chi connectivity index (χ2v) is 2.59. The van der Waals surface area contributed by atoms with Crippen molar-refractivity contribution in [1.82, 2.24) is 0 Å². The van der Waals surface area contributed by atoms with Crippen LogP contribution < -0.4 is 0 Å². The molecule has 1 heteroatoms. The molecule has 0 aromatic carbocycles. The highest BCUT2D eigenvalue weighted by Crippen LogP contribution is 1.99. The molecule has 0 aliphatic rings. The highest BCUT2D eigenvalue weighted by molar-refractivity contribution is 6.29. The van der Waals surface area contributed by atoms with Gasteiger partial charge in [-0.2, -0.15) is 0 Å². The summed E-state index contributed by atoms with van der Waals surface area (Å²) in [6, 6.07) is 0. The molecule has 0 aliphatic carbocycles. The highest BCUT2D eigenvalue weighted by atomic mass is 35.5. The van der Waals surface area contributed by atoms with Gasteiger partial charge in [-0.05, 0) is 26.8 Å². The molecule has 0 radical (unpaired) electrons. The summed E-state index contributed by atoms with van der Waals surface area (Å²) in [7, 11) is 0. The number of hydrogen-bond acceptors (Lipinski definition) is 0. The first-order chi connectivity index (χ1) is 3.63. The Labute approximate surface area is 55.9 Å². The molecule has 0 unspecified atom stereocenters. The van der Waals surface area contributed by atoms with E-state index in [2.05, 4.69) is 0 Å². The van der Waals surface area contributed by atoms with Crippen LogP contribution in [0.15, 0.2) is 22.8 Å². The molecule has 0 bridgehead atoms. The third-order valence-electron chi connectivity index (χ3n) is 0.646. The molecule has 8 heavy (non-hydrogen) atoms. The van der Waals surface area contributed by atoms with Crippen LogP contribution in [0, 0.1) is 0 Å². The summed E-state index contributed by atoms with van der Waals surface area (Å²) >= 11 is 5.54. The summed E-state index contributed by atoms with van der Waals surface area (Å²) in [4.78, 5) is 0. The van der Waals surface area contributed by atoms with Crippen LogP contribution in [0.1, 0.15) is 20.8 Å². The summed E-state index contributed by atoms with van der Waals surface area (Å²) in [6.45, 7) is 5.94. The summed E-state index contributed by atoms with van der Waals surface area (Å²) in [6.07, 6.45) is 3.87. The van der Waals surface area contributed by atoms with Crippen LogP contribution in [-0.2, 0) is 0 Å². The lowest BCUT2D eigenvalue weighted by Gasteiger charge is -1.82. The zero-order valence-electron chi connectivity index (χ0n) is 5.53. The predicted molar refractivity (Wildman–Crippen MR) is 39.0 cm³/mol. The second-order valence-electron chi connectivity index (χ2n) is 2.00. The van der Waals surface area contributed by atoms with Crippen LogP contribution in [0.2, 0.25) is 0 Å². The summed E-state index contributed by atoms with van der Waals surface area (Å²) in [5, 5.41) is 0.825. The standard InChI is InChI=1S/C7H11Cl/c1-6(2)4-5-7(3)8/h4-5H,1-3H3/b7-5+. The van der Waals surface area contributed by atoms with Gasteiger partial charge in [0.05, 0.1) is 0 Å². The molecule has 0 aromatic rings. The minimum atomic E-state index is 0.825. The molecule has 0 rings (SSSR count). The smallest absolute Gasteiger partial charge is 0.0149 e. The van der Waals surface area contributed by atoms with Gasteiger partial charge in [-0.15, -0.1) is 0 Å². The SMILES string of the molecule is CC(C)=C/C=C(\C)Cl. The normalized spacial score (nSPS) is 11.2. The Morgan fingerprint density at radius 1 is 1.12 bits per heavy atom. The Morgan fingerprint density at radius 2 is 1.62 bits per heavy atom. The van der Waals surface area contributed by atoms with E-state index >= 15 is 0 Å². The van der Waals surface area contributed by atoms with Crippen LogP contribution in [0.5, 0.6) is 0 Å². The lowest BCUT2D eigenvalue weighted by atomic mass is 10.3. The van der Waals surface area contributed by atoms with Gasteiger partial charge in [0.2, 0.25) is 0 Å². The van der Waals surface area contributed by atoms with Crippen molar-refractivity contribution in [3.05, 3.63) is 22.8 Å². The van der Waals surface area contributed by atoms with Crippen LogP contribution in [-0.4, -0.2) is 0 Å². The zero-order valence-corrected chi connectivity index (χ0v) is 6.29. The van der Waals surface area contributed by atoms with Gasteiger partial charge in [0, 0.05) is 5.03 Å². The first-order valence-electron chi connectivity index (χ1n) is 2.60. The van der Waals surface area contributed by atoms with Crippen LogP contribution >= 0.6 is 11.6 Å². The quantitative estimate of drug-likeness (QED) is 0.479. The van der Waals surface area contributed by atoms with E-state index in [9.17, 15) is 0 Å². The Kier molecular flexibility index (Phi) is 3.63. The monoisotopic (exact) mass is 130 g/mol. The minimum absolute atomic E-state index is 0.825. The molecular weight excluding hydrogens is 120 g/mol. The minimum Gasteiger partial charge on any atom is -0.0895 e. The maximum absolute atomic E-state index is 5.54. The zero-order chi connectivity index (χ0) is 6.57. The fourth-order valence-corrected chi connectivity index (χ4v) is 0.344. The van der Waals surface area contributed by atoms with E-state index in [1.807, 2.05) is 32.9 Å². The van der Waals surface area contributed by atoms with E-state index in [0.717, 1.165) is 5.03 Å². The second kappa shape index (κ2) is 3.73. The van der Waals surface area contributed by atoms with Crippen molar-refractivity contribution in [2.45, 2.75) is 20.8 Å². The average molecular weight is 131 g/mol. The maximum atomic E-state index is 5.54. The van der Waals surface area contributed by atoms with E-state index in [0.29, 0.717) is 0 Å². The Bertz CT molecular complexity index is 96.3. The topological polar surface area (TPSA) is 0 Å². The Balaban J connectivity index is 3.76. The van der Waals surface area contributed by atoms with Gasteiger partial charge in [0.15, 0.2) is 0 Å². The molecule has 0 saturated carbocycles. The van der Waals surface area contributed by atoms with Crippen molar-refractivity contribution < 1.29 is 0 Å². The van der Waals surface area contributed by atoms with Crippen LogP contribution in [0.3, 0.4) is 0 Å². The number of halogens is 1. The summed E-state index contributed by atoms with van der Waals surface area (Å²) in [5.74, 6) is 0. The molecule has 0 N–H and O–H groups in total. The molecular formula is C7H11Cl. The van der Waals surface area contributed by atoms with E-state index in [1.54, 1.807) is 0 Å². The molecule has 0 aromatic heterocycles. The van der Waals surface area contributed by atoms with Crippen LogP contribution in [0.25, 0.3) is 0 Å². The molecule has 0 nitrogen and oxygen atoms in total. The predicted octanol–water partition coefficient (Wildman–Crippen LogP) is 3.10. The van der Waals surface area contributed by atoms with Crippen molar-refractivity contribution in [1.29, 1.82) is 0 Å². The molecule has 0 spiro atoms. The Hall–Kier alpha value is -0.230. The molecule has 0 fully saturated rings. The van der Waals surface area contributed by atoms with Gasteiger partial charge < -0.3 is 0 Å². The number of hydrogen-bond donors (Lipinski definition) is 0.